The quantitative estimate of drug-likeness (QED) is 0.0964. The van der Waals surface area contributed by atoms with Crippen molar-refractivity contribution in [3.05, 3.63) is 179 Å². The fourth-order valence-corrected chi connectivity index (χ4v) is 6.69. The molecule has 54 heavy (non-hydrogen) atoms. The molecule has 2 aliphatic heterocycles. The monoisotopic (exact) mass is 732 g/mol. The summed E-state index contributed by atoms with van der Waals surface area (Å²) in [7, 11) is 0. The Hall–Kier alpha value is -4.26. The van der Waals surface area contributed by atoms with Gasteiger partial charge in [0.25, 0.3) is 0 Å². The Morgan fingerprint density at radius 2 is 0.722 bits per heavy atom. The summed E-state index contributed by atoms with van der Waals surface area (Å²) >= 11 is 0. The fourth-order valence-electron chi connectivity index (χ4n) is 6.69. The maximum absolute atomic E-state index is 11.4. The van der Waals surface area contributed by atoms with Crippen LogP contribution in [-0.4, -0.2) is 67.5 Å². The van der Waals surface area contributed by atoms with Crippen molar-refractivity contribution in [1.82, 2.24) is 0 Å². The van der Waals surface area contributed by atoms with Crippen LogP contribution in [0.5, 0.6) is 0 Å². The van der Waals surface area contributed by atoms with Gasteiger partial charge in [-0.15, -0.1) is 0 Å². The number of benzene rings is 5. The van der Waals surface area contributed by atoms with Crippen LogP contribution in [0.2, 0.25) is 0 Å². The molecule has 0 aliphatic carbocycles. The van der Waals surface area contributed by atoms with Gasteiger partial charge in [0.1, 0.15) is 36.6 Å². The zero-order valence-corrected chi connectivity index (χ0v) is 30.2. The Bertz CT molecular complexity index is 1760. The standard InChI is InChI=1S/C45H48O9/c46-44-42(40(49-28-35-20-10-3-11-21-35)38(52-44)31-47-26-33-16-6-1-7-17-33)54-45-43(51-30-37-24-14-5-15-25-37)41(50-29-36-22-12-4-13-23-36)39(53-45)32-48-27-34-18-8-2-9-19-34/h1-25,38-46H,26-32H2. The van der Waals surface area contributed by atoms with E-state index in [-0.39, 0.29) is 19.8 Å². The second kappa shape index (κ2) is 19.9. The van der Waals surface area contributed by atoms with E-state index < -0.39 is 49.2 Å². The lowest BCUT2D eigenvalue weighted by atomic mass is 10.1. The molecular formula is C45H48O9. The number of ether oxygens (including phenoxy) is 8. The smallest absolute Gasteiger partial charge is 0.187 e. The lowest BCUT2D eigenvalue weighted by molar-refractivity contribution is -0.246. The zero-order chi connectivity index (χ0) is 36.8. The molecule has 5 aromatic carbocycles. The summed E-state index contributed by atoms with van der Waals surface area (Å²) in [5, 5.41) is 11.4. The average Bonchev–Trinajstić information content (AvgIpc) is 3.71. The van der Waals surface area contributed by atoms with Gasteiger partial charge in [-0.05, 0) is 27.8 Å². The van der Waals surface area contributed by atoms with Crippen molar-refractivity contribution in [3.8, 4) is 0 Å². The second-order valence-electron chi connectivity index (χ2n) is 13.5. The first kappa shape index (κ1) is 38.0. The minimum absolute atomic E-state index is 0.184. The molecular weight excluding hydrogens is 684 g/mol. The molecule has 2 aliphatic rings. The van der Waals surface area contributed by atoms with Crippen molar-refractivity contribution in [2.75, 3.05) is 13.2 Å². The third kappa shape index (κ3) is 10.7. The molecule has 2 fully saturated rings. The summed E-state index contributed by atoms with van der Waals surface area (Å²) in [6.07, 6.45) is -6.29. The van der Waals surface area contributed by atoms with Gasteiger partial charge >= 0.3 is 0 Å². The highest BCUT2D eigenvalue weighted by Gasteiger charge is 2.53. The van der Waals surface area contributed by atoms with E-state index in [9.17, 15) is 5.11 Å². The van der Waals surface area contributed by atoms with E-state index in [1.54, 1.807) is 0 Å². The molecule has 0 saturated carbocycles. The Morgan fingerprint density at radius 3 is 1.13 bits per heavy atom. The van der Waals surface area contributed by atoms with Crippen LogP contribution in [0, 0.1) is 0 Å². The molecule has 0 aromatic heterocycles. The highest BCUT2D eigenvalue weighted by Crippen LogP contribution is 2.35. The predicted octanol–water partition coefficient (Wildman–Crippen LogP) is 7.00. The third-order valence-electron chi connectivity index (χ3n) is 9.49. The van der Waals surface area contributed by atoms with Crippen LogP contribution in [0.4, 0.5) is 0 Å². The van der Waals surface area contributed by atoms with Crippen molar-refractivity contribution in [2.24, 2.45) is 0 Å². The zero-order valence-electron chi connectivity index (χ0n) is 30.2. The molecule has 282 valence electrons. The lowest BCUT2D eigenvalue weighted by Gasteiger charge is -2.29. The number of aliphatic hydroxyl groups is 1. The van der Waals surface area contributed by atoms with Crippen LogP contribution in [-0.2, 0) is 70.9 Å². The minimum Gasteiger partial charge on any atom is -0.374 e. The minimum atomic E-state index is -1.31. The molecule has 9 heteroatoms. The van der Waals surface area contributed by atoms with Crippen molar-refractivity contribution in [3.63, 3.8) is 0 Å². The van der Waals surface area contributed by atoms with Crippen molar-refractivity contribution >= 4 is 0 Å². The summed E-state index contributed by atoms with van der Waals surface area (Å²) in [4.78, 5) is 0. The average molecular weight is 733 g/mol. The van der Waals surface area contributed by atoms with E-state index in [2.05, 4.69) is 0 Å². The number of hydrogen-bond acceptors (Lipinski definition) is 9. The first-order valence-electron chi connectivity index (χ1n) is 18.5. The Morgan fingerprint density at radius 1 is 0.389 bits per heavy atom. The van der Waals surface area contributed by atoms with E-state index in [0.717, 1.165) is 27.8 Å². The molecule has 0 radical (unpaired) electrons. The number of hydrogen-bond donors (Lipinski definition) is 1. The molecule has 8 unspecified atom stereocenters. The highest BCUT2D eigenvalue weighted by molar-refractivity contribution is 5.17. The van der Waals surface area contributed by atoms with Crippen molar-refractivity contribution < 1.29 is 43.0 Å². The van der Waals surface area contributed by atoms with Crippen LogP contribution in [0.25, 0.3) is 0 Å². The molecule has 0 amide bonds. The van der Waals surface area contributed by atoms with Gasteiger partial charge in [0.15, 0.2) is 12.6 Å². The SMILES string of the molecule is OC1OC(COCc2ccccc2)C(OCc2ccccc2)C1OC1OC(COCc2ccccc2)C(OCc2ccccc2)C1OCc1ccccc1. The van der Waals surface area contributed by atoms with Crippen molar-refractivity contribution in [1.29, 1.82) is 0 Å². The van der Waals surface area contributed by atoms with Crippen LogP contribution in [0.1, 0.15) is 27.8 Å². The maximum atomic E-state index is 11.4. The van der Waals surface area contributed by atoms with Gasteiger partial charge in [-0.1, -0.05) is 152 Å². The highest BCUT2D eigenvalue weighted by atomic mass is 16.8. The lowest BCUT2D eigenvalue weighted by Crippen LogP contribution is -2.45. The largest absolute Gasteiger partial charge is 0.374 e. The van der Waals surface area contributed by atoms with Gasteiger partial charge in [-0.25, -0.2) is 0 Å². The summed E-state index contributed by atoms with van der Waals surface area (Å²) in [6, 6.07) is 49.7. The number of aliphatic hydroxyl groups excluding tert-OH is 1. The Balaban J connectivity index is 1.11. The molecule has 8 atom stereocenters. The Labute approximate surface area is 317 Å². The molecule has 1 N–H and O–H groups in total. The molecule has 7 rings (SSSR count). The predicted molar refractivity (Wildman–Crippen MR) is 202 cm³/mol. The molecule has 2 saturated heterocycles. The molecule has 5 aromatic rings. The summed E-state index contributed by atoms with van der Waals surface area (Å²) in [5.41, 5.74) is 5.07. The number of rotatable bonds is 19. The summed E-state index contributed by atoms with van der Waals surface area (Å²) in [6.45, 7) is 2.12. The molecule has 2 heterocycles. The first-order valence-corrected chi connectivity index (χ1v) is 18.5. The van der Waals surface area contributed by atoms with Gasteiger partial charge in [-0.3, -0.25) is 0 Å². The van der Waals surface area contributed by atoms with Gasteiger partial charge in [0.05, 0.1) is 46.2 Å². The maximum Gasteiger partial charge on any atom is 0.187 e. The van der Waals surface area contributed by atoms with Crippen LogP contribution in [0.15, 0.2) is 152 Å². The molecule has 0 bridgehead atoms. The third-order valence-corrected chi connectivity index (χ3v) is 9.49. The Kier molecular flexibility index (Phi) is 14.0. The first-order chi connectivity index (χ1) is 26.7. The molecule has 0 spiro atoms. The van der Waals surface area contributed by atoms with Gasteiger partial charge in [0.2, 0.25) is 0 Å². The van der Waals surface area contributed by atoms with Crippen LogP contribution >= 0.6 is 0 Å². The van der Waals surface area contributed by atoms with Crippen LogP contribution < -0.4 is 0 Å². The van der Waals surface area contributed by atoms with Gasteiger partial charge < -0.3 is 43.0 Å². The van der Waals surface area contributed by atoms with E-state index in [1.807, 2.05) is 152 Å². The topological polar surface area (TPSA) is 94.1 Å². The van der Waals surface area contributed by atoms with Crippen molar-refractivity contribution in [2.45, 2.75) is 82.2 Å². The van der Waals surface area contributed by atoms with Crippen LogP contribution in [0.3, 0.4) is 0 Å². The van der Waals surface area contributed by atoms with Gasteiger partial charge in [0, 0.05) is 0 Å². The molecule has 9 nitrogen and oxygen atoms in total. The second-order valence-corrected chi connectivity index (χ2v) is 13.5. The fraction of sp³-hybridized carbons (Fsp3) is 0.333. The van der Waals surface area contributed by atoms with E-state index in [1.165, 1.54) is 0 Å². The summed E-state index contributed by atoms with van der Waals surface area (Å²) < 4.78 is 51.5. The van der Waals surface area contributed by atoms with E-state index in [0.29, 0.717) is 26.4 Å². The summed E-state index contributed by atoms with van der Waals surface area (Å²) in [5.74, 6) is 0. The van der Waals surface area contributed by atoms with Gasteiger partial charge in [-0.2, -0.15) is 0 Å². The van der Waals surface area contributed by atoms with E-state index in [4.69, 9.17) is 37.9 Å². The normalized spacial score (nSPS) is 25.2. The van der Waals surface area contributed by atoms with E-state index >= 15 is 0 Å².